The predicted octanol–water partition coefficient (Wildman–Crippen LogP) is 5.08. The molecule has 0 radical (unpaired) electrons. The van der Waals surface area contributed by atoms with Gasteiger partial charge in [0.1, 0.15) is 19.2 Å². The first-order valence-corrected chi connectivity index (χ1v) is 14.9. The SMILES string of the molecule is COC(=O)CNC(=O)C(CCCCCNC(=O)OCc1ccccc1)N(Cc1ccccc1)C(=O)c1ccccc1I. The molecule has 0 saturated heterocycles. The van der Waals surface area contributed by atoms with Crippen molar-refractivity contribution in [2.24, 2.45) is 0 Å². The van der Waals surface area contributed by atoms with Crippen LogP contribution in [-0.2, 0) is 32.2 Å². The van der Waals surface area contributed by atoms with Gasteiger partial charge >= 0.3 is 12.1 Å². The predicted molar refractivity (Wildman–Crippen MR) is 167 cm³/mol. The van der Waals surface area contributed by atoms with Gasteiger partial charge in [-0.3, -0.25) is 14.4 Å². The third-order valence-electron chi connectivity index (χ3n) is 6.51. The monoisotopic (exact) mass is 685 g/mol. The molecule has 0 heterocycles. The molecule has 0 aromatic heterocycles. The molecule has 10 heteroatoms. The number of methoxy groups -OCH3 is 1. The second kappa shape index (κ2) is 17.8. The molecule has 3 aromatic carbocycles. The quantitative estimate of drug-likeness (QED) is 0.131. The van der Waals surface area contributed by atoms with E-state index in [-0.39, 0.29) is 25.6 Å². The molecule has 3 amide bonds. The lowest BCUT2D eigenvalue weighted by atomic mass is 10.0. The van der Waals surface area contributed by atoms with Crippen LogP contribution in [0.5, 0.6) is 0 Å². The van der Waals surface area contributed by atoms with Gasteiger partial charge in [-0.05, 0) is 58.7 Å². The average molecular weight is 686 g/mol. The summed E-state index contributed by atoms with van der Waals surface area (Å²) in [6.45, 7) is 0.537. The maximum atomic E-state index is 13.9. The summed E-state index contributed by atoms with van der Waals surface area (Å²) in [5, 5.41) is 5.38. The Morgan fingerprint density at radius 2 is 1.45 bits per heavy atom. The summed E-state index contributed by atoms with van der Waals surface area (Å²) in [4.78, 5) is 52.6. The van der Waals surface area contributed by atoms with E-state index in [0.717, 1.165) is 14.7 Å². The molecular weight excluding hydrogens is 649 g/mol. The van der Waals surface area contributed by atoms with E-state index in [1.54, 1.807) is 17.0 Å². The van der Waals surface area contributed by atoms with Gasteiger partial charge in [0.05, 0.1) is 12.7 Å². The number of hydrogen-bond acceptors (Lipinski definition) is 6. The Hall–Kier alpha value is -3.93. The molecule has 1 atom stereocenters. The van der Waals surface area contributed by atoms with Gasteiger partial charge in [-0.25, -0.2) is 4.79 Å². The van der Waals surface area contributed by atoms with Crippen LogP contribution in [0.25, 0.3) is 0 Å². The van der Waals surface area contributed by atoms with E-state index < -0.39 is 24.0 Å². The molecule has 3 rings (SSSR count). The van der Waals surface area contributed by atoms with E-state index in [1.165, 1.54) is 7.11 Å². The number of rotatable bonds is 15. The molecule has 2 N–H and O–H groups in total. The second-order valence-corrected chi connectivity index (χ2v) is 10.7. The van der Waals surface area contributed by atoms with Gasteiger partial charge in [0.15, 0.2) is 0 Å². The highest BCUT2D eigenvalue weighted by Crippen LogP contribution is 2.21. The molecule has 3 aromatic rings. The van der Waals surface area contributed by atoms with Crippen molar-refractivity contribution >= 4 is 46.5 Å². The highest BCUT2D eigenvalue weighted by Gasteiger charge is 2.31. The summed E-state index contributed by atoms with van der Waals surface area (Å²) in [6.07, 6.45) is 1.86. The van der Waals surface area contributed by atoms with Crippen LogP contribution in [0.3, 0.4) is 0 Å². The van der Waals surface area contributed by atoms with Crippen LogP contribution in [0.1, 0.15) is 47.2 Å². The van der Waals surface area contributed by atoms with E-state index >= 15 is 0 Å². The lowest BCUT2D eigenvalue weighted by Crippen LogP contribution is -2.50. The van der Waals surface area contributed by atoms with Gasteiger partial charge in [0, 0.05) is 16.7 Å². The van der Waals surface area contributed by atoms with E-state index in [0.29, 0.717) is 37.8 Å². The largest absolute Gasteiger partial charge is 0.468 e. The van der Waals surface area contributed by atoms with Crippen LogP contribution < -0.4 is 10.6 Å². The Labute approximate surface area is 260 Å². The molecule has 0 aliphatic carbocycles. The van der Waals surface area contributed by atoms with Crippen LogP contribution in [-0.4, -0.2) is 55.0 Å². The number of benzene rings is 3. The van der Waals surface area contributed by atoms with Crippen molar-refractivity contribution < 1.29 is 28.7 Å². The van der Waals surface area contributed by atoms with Gasteiger partial charge in [-0.2, -0.15) is 0 Å². The maximum Gasteiger partial charge on any atom is 0.407 e. The second-order valence-electron chi connectivity index (χ2n) is 9.55. The number of hydrogen-bond donors (Lipinski definition) is 2. The van der Waals surface area contributed by atoms with Gasteiger partial charge in [0.25, 0.3) is 5.91 Å². The van der Waals surface area contributed by atoms with Crippen LogP contribution in [0, 0.1) is 3.57 Å². The van der Waals surface area contributed by atoms with Gasteiger partial charge in [-0.1, -0.05) is 85.6 Å². The molecule has 42 heavy (non-hydrogen) atoms. The molecule has 0 aliphatic heterocycles. The van der Waals surface area contributed by atoms with Crippen LogP contribution in [0.4, 0.5) is 4.79 Å². The van der Waals surface area contributed by atoms with Gasteiger partial charge in [0.2, 0.25) is 5.91 Å². The first-order chi connectivity index (χ1) is 20.4. The number of unbranched alkanes of at least 4 members (excludes halogenated alkanes) is 2. The van der Waals surface area contributed by atoms with Crippen molar-refractivity contribution in [2.45, 2.75) is 44.9 Å². The fourth-order valence-electron chi connectivity index (χ4n) is 4.27. The minimum atomic E-state index is -0.831. The van der Waals surface area contributed by atoms with E-state index in [4.69, 9.17) is 4.74 Å². The van der Waals surface area contributed by atoms with Crippen molar-refractivity contribution in [3.63, 3.8) is 0 Å². The van der Waals surface area contributed by atoms with E-state index in [1.807, 2.05) is 72.8 Å². The Morgan fingerprint density at radius 1 is 0.810 bits per heavy atom. The molecule has 0 fully saturated rings. The summed E-state index contributed by atoms with van der Waals surface area (Å²) in [5.74, 6) is -1.28. The zero-order valence-electron chi connectivity index (χ0n) is 23.6. The zero-order chi connectivity index (χ0) is 30.2. The maximum absolute atomic E-state index is 13.9. The van der Waals surface area contributed by atoms with Crippen molar-refractivity contribution in [3.05, 3.63) is 105 Å². The van der Waals surface area contributed by atoms with Crippen LogP contribution in [0.15, 0.2) is 84.9 Å². The number of alkyl carbamates (subject to hydrolysis) is 1. The number of ether oxygens (including phenoxy) is 2. The number of carbonyl (C=O) groups is 4. The lowest BCUT2D eigenvalue weighted by Gasteiger charge is -2.31. The van der Waals surface area contributed by atoms with Crippen LogP contribution >= 0.6 is 22.6 Å². The number of carbonyl (C=O) groups excluding carboxylic acids is 4. The smallest absolute Gasteiger partial charge is 0.407 e. The van der Waals surface area contributed by atoms with Crippen molar-refractivity contribution in [2.75, 3.05) is 20.2 Å². The van der Waals surface area contributed by atoms with Crippen molar-refractivity contribution in [3.8, 4) is 0 Å². The zero-order valence-corrected chi connectivity index (χ0v) is 25.7. The first kappa shape index (κ1) is 32.6. The number of esters is 1. The Kier molecular flexibility index (Phi) is 13.8. The minimum Gasteiger partial charge on any atom is -0.468 e. The fraction of sp³-hybridized carbons (Fsp3) is 0.312. The summed E-state index contributed by atoms with van der Waals surface area (Å²) in [5.41, 5.74) is 2.28. The van der Waals surface area contributed by atoms with Crippen molar-refractivity contribution in [1.82, 2.24) is 15.5 Å². The highest BCUT2D eigenvalue weighted by molar-refractivity contribution is 14.1. The topological polar surface area (TPSA) is 114 Å². The molecule has 0 saturated carbocycles. The highest BCUT2D eigenvalue weighted by atomic mass is 127. The molecular formula is C32H36IN3O6. The minimum absolute atomic E-state index is 0.195. The average Bonchev–Trinajstić information content (AvgIpc) is 3.02. The summed E-state index contributed by atoms with van der Waals surface area (Å²) < 4.78 is 10.7. The van der Waals surface area contributed by atoms with Crippen LogP contribution in [0.2, 0.25) is 0 Å². The molecule has 9 nitrogen and oxygen atoms in total. The normalized spacial score (nSPS) is 11.2. The number of nitrogens with one attached hydrogen (secondary N) is 2. The summed E-state index contributed by atoms with van der Waals surface area (Å²) >= 11 is 2.12. The fourth-order valence-corrected chi connectivity index (χ4v) is 4.89. The molecule has 0 aliphatic rings. The molecule has 0 bridgehead atoms. The lowest BCUT2D eigenvalue weighted by molar-refractivity contribution is -0.141. The Balaban J connectivity index is 1.65. The third-order valence-corrected chi connectivity index (χ3v) is 7.45. The number of halogens is 1. The Bertz CT molecular complexity index is 1310. The van der Waals surface area contributed by atoms with E-state index in [2.05, 4.69) is 38.0 Å². The third kappa shape index (κ3) is 10.8. The summed E-state index contributed by atoms with van der Waals surface area (Å²) in [7, 11) is 1.25. The molecule has 0 spiro atoms. The summed E-state index contributed by atoms with van der Waals surface area (Å²) in [6, 6.07) is 25.3. The molecule has 222 valence electrons. The van der Waals surface area contributed by atoms with Gasteiger partial charge < -0.3 is 25.0 Å². The standard InChI is InChI=1S/C32H36IN3O6/c1-41-29(37)21-35-30(38)28(19-9-4-12-20-34-32(40)42-23-25-15-7-3-8-16-25)36(22-24-13-5-2-6-14-24)31(39)26-17-10-11-18-27(26)33/h2-3,5-8,10-11,13-18,28H,4,9,12,19-23H2,1H3,(H,34,40)(H,35,38). The van der Waals surface area contributed by atoms with Crippen molar-refractivity contribution in [1.29, 1.82) is 0 Å². The molecule has 1 unspecified atom stereocenters. The first-order valence-electron chi connectivity index (χ1n) is 13.8. The van der Waals surface area contributed by atoms with E-state index in [9.17, 15) is 19.2 Å². The number of nitrogens with zero attached hydrogens (tertiary/aromatic N) is 1. The van der Waals surface area contributed by atoms with Gasteiger partial charge in [-0.15, -0.1) is 0 Å². The number of amides is 3. The Morgan fingerprint density at radius 3 is 2.12 bits per heavy atom.